The third-order valence-electron chi connectivity index (χ3n) is 5.40. The number of fused-ring (bicyclic) bond motifs is 1. The van der Waals surface area contributed by atoms with Gasteiger partial charge in [-0.3, -0.25) is 4.79 Å². The molecule has 0 saturated heterocycles. The molecule has 5 nitrogen and oxygen atoms in total. The van der Waals surface area contributed by atoms with Gasteiger partial charge in [0.25, 0.3) is 5.91 Å². The highest BCUT2D eigenvalue weighted by Gasteiger charge is 2.36. The maximum Gasteiger partial charge on any atom is 0.433 e. The molecule has 0 atom stereocenters. The van der Waals surface area contributed by atoms with Gasteiger partial charge in [0.2, 0.25) is 0 Å². The SMILES string of the molecule is CCc1ccc(-c2cc(C(F)(F)F)n3nc(C(=O)NC4CCCCCC4)cc3n2)s1. The standard InChI is InChI=1S/C21H23F3N4OS/c1-2-14-9-10-17(30-14)15-11-18(21(22,23)24)28-19(26-15)12-16(27-28)20(29)25-13-7-5-3-4-6-8-13/h9-13H,2-8H2,1H3,(H,25,29). The predicted octanol–water partition coefficient (Wildman–Crippen LogP) is 5.49. The first-order valence-electron chi connectivity index (χ1n) is 10.2. The van der Waals surface area contributed by atoms with Crippen molar-refractivity contribution < 1.29 is 18.0 Å². The molecular formula is C21H23F3N4OS. The van der Waals surface area contributed by atoms with E-state index in [1.807, 2.05) is 13.0 Å². The quantitative estimate of drug-likeness (QED) is 0.550. The van der Waals surface area contributed by atoms with Crippen molar-refractivity contribution in [2.45, 2.75) is 64.1 Å². The van der Waals surface area contributed by atoms with E-state index in [1.54, 1.807) is 6.07 Å². The molecule has 0 bridgehead atoms. The van der Waals surface area contributed by atoms with Gasteiger partial charge in [-0.2, -0.15) is 18.3 Å². The summed E-state index contributed by atoms with van der Waals surface area (Å²) in [5.41, 5.74) is -0.746. The van der Waals surface area contributed by atoms with Crippen LogP contribution in [0.3, 0.4) is 0 Å². The molecule has 1 aliphatic carbocycles. The number of alkyl halides is 3. The zero-order valence-electron chi connectivity index (χ0n) is 16.6. The van der Waals surface area contributed by atoms with Crippen LogP contribution < -0.4 is 5.32 Å². The molecule has 0 spiro atoms. The van der Waals surface area contributed by atoms with Crippen molar-refractivity contribution in [3.8, 4) is 10.6 Å². The van der Waals surface area contributed by atoms with Crippen LogP contribution in [0.4, 0.5) is 13.2 Å². The molecule has 1 saturated carbocycles. The lowest BCUT2D eigenvalue weighted by molar-refractivity contribution is -0.142. The van der Waals surface area contributed by atoms with E-state index < -0.39 is 17.8 Å². The number of amides is 1. The van der Waals surface area contributed by atoms with Gasteiger partial charge in [-0.15, -0.1) is 11.3 Å². The van der Waals surface area contributed by atoms with Crippen LogP contribution in [0, 0.1) is 0 Å². The van der Waals surface area contributed by atoms with Gasteiger partial charge >= 0.3 is 6.18 Å². The van der Waals surface area contributed by atoms with E-state index >= 15 is 0 Å². The average molecular weight is 437 g/mol. The number of nitrogens with one attached hydrogen (secondary N) is 1. The van der Waals surface area contributed by atoms with Crippen molar-refractivity contribution in [1.82, 2.24) is 19.9 Å². The summed E-state index contributed by atoms with van der Waals surface area (Å²) in [4.78, 5) is 18.7. The van der Waals surface area contributed by atoms with Crippen LogP contribution in [0.2, 0.25) is 0 Å². The summed E-state index contributed by atoms with van der Waals surface area (Å²) in [5.74, 6) is -0.452. The number of carbonyl (C=O) groups excluding carboxylic acids is 1. The van der Waals surface area contributed by atoms with Crippen molar-refractivity contribution in [2.24, 2.45) is 0 Å². The van der Waals surface area contributed by atoms with Gasteiger partial charge < -0.3 is 5.32 Å². The first kappa shape index (κ1) is 20.8. The second kappa shape index (κ2) is 8.37. The van der Waals surface area contributed by atoms with Gasteiger partial charge in [0.1, 0.15) is 0 Å². The van der Waals surface area contributed by atoms with Crippen molar-refractivity contribution >= 4 is 22.9 Å². The summed E-state index contributed by atoms with van der Waals surface area (Å²) in [5, 5.41) is 6.88. The number of nitrogens with zero attached hydrogens (tertiary/aromatic N) is 3. The van der Waals surface area contributed by atoms with E-state index in [-0.39, 0.29) is 23.1 Å². The number of halogens is 3. The highest BCUT2D eigenvalue weighted by atomic mass is 32.1. The Bertz CT molecular complexity index is 1050. The van der Waals surface area contributed by atoms with Gasteiger partial charge in [0.05, 0.1) is 10.6 Å². The summed E-state index contributed by atoms with van der Waals surface area (Å²) >= 11 is 1.41. The lowest BCUT2D eigenvalue weighted by Crippen LogP contribution is -2.34. The smallest absolute Gasteiger partial charge is 0.348 e. The molecule has 0 aromatic carbocycles. The zero-order chi connectivity index (χ0) is 21.3. The van der Waals surface area contributed by atoms with Crippen LogP contribution in [0.15, 0.2) is 24.3 Å². The molecule has 0 unspecified atom stereocenters. The maximum absolute atomic E-state index is 13.7. The number of thiophene rings is 1. The monoisotopic (exact) mass is 436 g/mol. The van der Waals surface area contributed by atoms with Crippen molar-refractivity contribution in [1.29, 1.82) is 0 Å². The van der Waals surface area contributed by atoms with Crippen molar-refractivity contribution in [3.05, 3.63) is 40.5 Å². The molecule has 3 aromatic heterocycles. The molecule has 4 rings (SSSR count). The van der Waals surface area contributed by atoms with Crippen LogP contribution in [0.1, 0.15) is 66.5 Å². The fourth-order valence-electron chi connectivity index (χ4n) is 3.80. The lowest BCUT2D eigenvalue weighted by atomic mass is 10.1. The zero-order valence-corrected chi connectivity index (χ0v) is 17.4. The summed E-state index contributed by atoms with van der Waals surface area (Å²) in [6.07, 6.45) is 2.31. The van der Waals surface area contributed by atoms with Crippen LogP contribution in [-0.4, -0.2) is 26.5 Å². The molecule has 0 aliphatic heterocycles. The van der Waals surface area contributed by atoms with E-state index in [4.69, 9.17) is 0 Å². The molecule has 1 amide bonds. The summed E-state index contributed by atoms with van der Waals surface area (Å²) < 4.78 is 41.9. The highest BCUT2D eigenvalue weighted by Crippen LogP contribution is 2.34. The molecule has 1 fully saturated rings. The Balaban J connectivity index is 1.70. The van der Waals surface area contributed by atoms with E-state index in [2.05, 4.69) is 15.4 Å². The largest absolute Gasteiger partial charge is 0.433 e. The van der Waals surface area contributed by atoms with Gasteiger partial charge in [-0.05, 0) is 37.5 Å². The number of hydrogen-bond acceptors (Lipinski definition) is 4. The molecule has 3 aromatic rings. The molecule has 3 heterocycles. The Morgan fingerprint density at radius 3 is 2.57 bits per heavy atom. The highest BCUT2D eigenvalue weighted by molar-refractivity contribution is 7.15. The Labute approximate surface area is 176 Å². The minimum absolute atomic E-state index is 0.0114. The van der Waals surface area contributed by atoms with E-state index in [0.29, 0.717) is 4.88 Å². The maximum atomic E-state index is 13.7. The molecule has 0 radical (unpaired) electrons. The molecule has 160 valence electrons. The molecule has 9 heteroatoms. The third-order valence-corrected chi connectivity index (χ3v) is 6.66. The van der Waals surface area contributed by atoms with Gasteiger partial charge in [0, 0.05) is 17.0 Å². The minimum Gasteiger partial charge on any atom is -0.348 e. The molecular weight excluding hydrogens is 413 g/mol. The molecule has 1 aliphatic rings. The number of rotatable bonds is 4. The van der Waals surface area contributed by atoms with E-state index in [0.717, 1.165) is 60.4 Å². The number of aromatic nitrogens is 3. The number of aryl methyl sites for hydroxylation is 1. The summed E-state index contributed by atoms with van der Waals surface area (Å²) in [7, 11) is 0. The number of hydrogen-bond donors (Lipinski definition) is 1. The van der Waals surface area contributed by atoms with Crippen molar-refractivity contribution in [2.75, 3.05) is 0 Å². The van der Waals surface area contributed by atoms with Gasteiger partial charge in [-0.25, -0.2) is 9.50 Å². The second-order valence-electron chi connectivity index (χ2n) is 7.61. The predicted molar refractivity (Wildman–Crippen MR) is 110 cm³/mol. The van der Waals surface area contributed by atoms with E-state index in [1.165, 1.54) is 17.4 Å². The van der Waals surface area contributed by atoms with Crippen LogP contribution in [0.25, 0.3) is 16.2 Å². The van der Waals surface area contributed by atoms with Crippen LogP contribution >= 0.6 is 11.3 Å². The fraction of sp³-hybridized carbons (Fsp3) is 0.476. The second-order valence-corrected chi connectivity index (χ2v) is 8.77. The van der Waals surface area contributed by atoms with E-state index in [9.17, 15) is 18.0 Å². The van der Waals surface area contributed by atoms with Crippen LogP contribution in [-0.2, 0) is 12.6 Å². The fourth-order valence-corrected chi connectivity index (χ4v) is 4.71. The first-order valence-corrected chi connectivity index (χ1v) is 11.0. The van der Waals surface area contributed by atoms with Crippen LogP contribution in [0.5, 0.6) is 0 Å². The van der Waals surface area contributed by atoms with Crippen molar-refractivity contribution in [3.63, 3.8) is 0 Å². The number of carbonyl (C=O) groups is 1. The third kappa shape index (κ3) is 4.35. The Kier molecular flexibility index (Phi) is 5.81. The molecule has 1 N–H and O–H groups in total. The Morgan fingerprint density at radius 1 is 1.20 bits per heavy atom. The Morgan fingerprint density at radius 2 is 1.93 bits per heavy atom. The Hall–Kier alpha value is -2.42. The summed E-state index contributed by atoms with van der Waals surface area (Å²) in [6.45, 7) is 1.99. The lowest BCUT2D eigenvalue weighted by Gasteiger charge is -2.15. The minimum atomic E-state index is -4.62. The normalized spacial score (nSPS) is 16.0. The van der Waals surface area contributed by atoms with Gasteiger partial charge in [-0.1, -0.05) is 32.6 Å². The topological polar surface area (TPSA) is 59.3 Å². The molecule has 30 heavy (non-hydrogen) atoms. The van der Waals surface area contributed by atoms with Gasteiger partial charge in [0.15, 0.2) is 17.0 Å². The first-order chi connectivity index (χ1) is 14.3. The summed E-state index contributed by atoms with van der Waals surface area (Å²) in [6, 6.07) is 6.03. The average Bonchev–Trinajstić information content (AvgIpc) is 3.28.